The lowest BCUT2D eigenvalue weighted by Crippen LogP contribution is -2.38. The zero-order valence-corrected chi connectivity index (χ0v) is 14.9. The highest BCUT2D eigenvalue weighted by Gasteiger charge is 2.17. The van der Waals surface area contributed by atoms with E-state index < -0.39 is 5.97 Å². The van der Waals surface area contributed by atoms with Gasteiger partial charge in [-0.2, -0.15) is 0 Å². The third kappa shape index (κ3) is 5.56. The van der Waals surface area contributed by atoms with Gasteiger partial charge in [-0.25, -0.2) is 0 Å². The van der Waals surface area contributed by atoms with Crippen molar-refractivity contribution in [3.05, 3.63) is 18.2 Å². The summed E-state index contributed by atoms with van der Waals surface area (Å²) in [5.74, 6) is 0.938. The Morgan fingerprint density at radius 2 is 1.88 bits per heavy atom. The van der Waals surface area contributed by atoms with Crippen LogP contribution in [0.1, 0.15) is 32.1 Å². The monoisotopic (exact) mass is 365 g/mol. The molecule has 0 unspecified atom stereocenters. The van der Waals surface area contributed by atoms with Gasteiger partial charge in [0.2, 0.25) is 0 Å². The van der Waals surface area contributed by atoms with Gasteiger partial charge in [-0.3, -0.25) is 9.59 Å². The highest BCUT2D eigenvalue weighted by molar-refractivity contribution is 8.00. The van der Waals surface area contributed by atoms with Crippen LogP contribution in [0, 0.1) is 0 Å². The van der Waals surface area contributed by atoms with E-state index in [-0.39, 0.29) is 24.3 Å². The summed E-state index contributed by atoms with van der Waals surface area (Å²) < 4.78 is 16.0. The largest absolute Gasteiger partial charge is 0.486 e. The number of benzene rings is 1. The van der Waals surface area contributed by atoms with Gasteiger partial charge in [0, 0.05) is 10.9 Å². The molecule has 0 radical (unpaired) electrons. The molecule has 1 heterocycles. The molecular weight excluding hydrogens is 342 g/mol. The number of fused-ring (bicyclic) bond motifs is 1. The van der Waals surface area contributed by atoms with Crippen LogP contribution in [0.15, 0.2) is 23.1 Å². The van der Waals surface area contributed by atoms with E-state index in [9.17, 15) is 9.59 Å². The van der Waals surface area contributed by atoms with Crippen LogP contribution in [0.4, 0.5) is 0 Å². The number of thioether (sulfide) groups is 1. The van der Waals surface area contributed by atoms with Gasteiger partial charge in [-0.15, -0.1) is 11.8 Å². The van der Waals surface area contributed by atoms with Crippen LogP contribution in [0.2, 0.25) is 0 Å². The summed E-state index contributed by atoms with van der Waals surface area (Å²) in [4.78, 5) is 24.5. The van der Waals surface area contributed by atoms with Crippen LogP contribution in [0.3, 0.4) is 0 Å². The molecule has 2 aliphatic rings. The quantitative estimate of drug-likeness (QED) is 0.617. The molecule has 1 saturated carbocycles. The number of hydrogen-bond acceptors (Lipinski definition) is 6. The van der Waals surface area contributed by atoms with Crippen LogP contribution >= 0.6 is 11.8 Å². The highest BCUT2D eigenvalue weighted by Crippen LogP contribution is 2.34. The number of carbonyl (C=O) groups excluding carboxylic acids is 2. The van der Waals surface area contributed by atoms with Gasteiger partial charge in [0.15, 0.2) is 18.1 Å². The zero-order valence-electron chi connectivity index (χ0n) is 14.1. The molecule has 1 fully saturated rings. The molecule has 0 saturated heterocycles. The lowest BCUT2D eigenvalue weighted by molar-refractivity contribution is -0.146. The van der Waals surface area contributed by atoms with Crippen LogP contribution in [-0.4, -0.2) is 43.5 Å². The maximum absolute atomic E-state index is 11.8. The fraction of sp³-hybridized carbons (Fsp3) is 0.556. The molecule has 25 heavy (non-hydrogen) atoms. The normalized spacial score (nSPS) is 17.0. The van der Waals surface area contributed by atoms with Crippen molar-refractivity contribution < 1.29 is 23.8 Å². The molecule has 1 aromatic rings. The van der Waals surface area contributed by atoms with Crippen molar-refractivity contribution in [2.45, 2.75) is 43.0 Å². The fourth-order valence-corrected chi connectivity index (χ4v) is 3.68. The van der Waals surface area contributed by atoms with E-state index >= 15 is 0 Å². The third-order valence-electron chi connectivity index (χ3n) is 4.20. The maximum atomic E-state index is 11.8. The van der Waals surface area contributed by atoms with Crippen molar-refractivity contribution in [2.75, 3.05) is 25.6 Å². The summed E-state index contributed by atoms with van der Waals surface area (Å²) in [6.07, 6.45) is 5.56. The molecule has 136 valence electrons. The molecule has 0 atom stereocenters. The second-order valence-corrected chi connectivity index (χ2v) is 7.21. The predicted molar refractivity (Wildman–Crippen MR) is 94.1 cm³/mol. The van der Waals surface area contributed by atoms with Crippen molar-refractivity contribution in [2.24, 2.45) is 0 Å². The molecule has 0 aromatic heterocycles. The summed E-state index contributed by atoms with van der Waals surface area (Å²) in [5, 5.41) is 2.93. The lowest BCUT2D eigenvalue weighted by Gasteiger charge is -2.22. The minimum absolute atomic E-state index is 0.149. The molecule has 1 aliphatic carbocycles. The molecule has 1 aliphatic heterocycles. The number of hydrogen-bond donors (Lipinski definition) is 1. The van der Waals surface area contributed by atoms with Gasteiger partial charge in [0.1, 0.15) is 13.2 Å². The Morgan fingerprint density at radius 1 is 1.12 bits per heavy atom. The van der Waals surface area contributed by atoms with E-state index in [1.807, 2.05) is 18.2 Å². The van der Waals surface area contributed by atoms with E-state index in [0.29, 0.717) is 19.0 Å². The zero-order chi connectivity index (χ0) is 17.5. The van der Waals surface area contributed by atoms with E-state index in [2.05, 4.69) is 5.32 Å². The third-order valence-corrected chi connectivity index (χ3v) is 5.17. The van der Waals surface area contributed by atoms with Gasteiger partial charge in [0.05, 0.1) is 5.75 Å². The summed E-state index contributed by atoms with van der Waals surface area (Å²) in [6, 6.07) is 5.79. The Hall–Kier alpha value is -1.89. The fourth-order valence-electron chi connectivity index (χ4n) is 2.96. The average molecular weight is 365 g/mol. The van der Waals surface area contributed by atoms with E-state index in [1.54, 1.807) is 0 Å². The van der Waals surface area contributed by atoms with Crippen molar-refractivity contribution in [3.63, 3.8) is 0 Å². The molecule has 1 N–H and O–H groups in total. The van der Waals surface area contributed by atoms with Crippen LogP contribution in [0.5, 0.6) is 11.5 Å². The predicted octanol–water partition coefficient (Wildman–Crippen LogP) is 2.54. The number of rotatable bonds is 6. The Labute approximate surface area is 151 Å². The number of esters is 1. The maximum Gasteiger partial charge on any atom is 0.316 e. The molecule has 1 amide bonds. The lowest BCUT2D eigenvalue weighted by atomic mass is 9.95. The van der Waals surface area contributed by atoms with E-state index in [0.717, 1.165) is 36.3 Å². The molecular formula is C18H23NO5S. The first-order valence-electron chi connectivity index (χ1n) is 8.68. The summed E-state index contributed by atoms with van der Waals surface area (Å²) in [7, 11) is 0. The number of carbonyl (C=O) groups is 2. The Morgan fingerprint density at radius 3 is 2.68 bits per heavy atom. The van der Waals surface area contributed by atoms with E-state index in [4.69, 9.17) is 14.2 Å². The van der Waals surface area contributed by atoms with Gasteiger partial charge in [0.25, 0.3) is 5.91 Å². The number of amides is 1. The first-order chi connectivity index (χ1) is 12.2. The molecule has 0 bridgehead atoms. The second-order valence-electron chi connectivity index (χ2n) is 6.16. The topological polar surface area (TPSA) is 73.9 Å². The van der Waals surface area contributed by atoms with E-state index in [1.165, 1.54) is 18.2 Å². The Balaban J connectivity index is 1.37. The average Bonchev–Trinajstić information content (AvgIpc) is 2.65. The molecule has 0 spiro atoms. The SMILES string of the molecule is O=C(COC(=O)CSc1ccc2c(c1)OCCO2)NC1CCCCC1. The Kier molecular flexibility index (Phi) is 6.44. The highest BCUT2D eigenvalue weighted by atomic mass is 32.2. The van der Waals surface area contributed by atoms with Crippen molar-refractivity contribution >= 4 is 23.6 Å². The van der Waals surface area contributed by atoms with Crippen LogP contribution in [0.25, 0.3) is 0 Å². The van der Waals surface area contributed by atoms with Gasteiger partial charge < -0.3 is 19.5 Å². The second kappa shape index (κ2) is 8.99. The van der Waals surface area contributed by atoms with Crippen LogP contribution < -0.4 is 14.8 Å². The van der Waals surface area contributed by atoms with Crippen molar-refractivity contribution in [1.29, 1.82) is 0 Å². The molecule has 7 heteroatoms. The van der Waals surface area contributed by atoms with Gasteiger partial charge >= 0.3 is 5.97 Å². The first kappa shape index (κ1) is 17.9. The summed E-state index contributed by atoms with van der Waals surface area (Å²) in [6.45, 7) is 0.866. The number of nitrogens with one attached hydrogen (secondary N) is 1. The minimum Gasteiger partial charge on any atom is -0.486 e. The van der Waals surface area contributed by atoms with Crippen molar-refractivity contribution in [3.8, 4) is 11.5 Å². The number of ether oxygens (including phenoxy) is 3. The van der Waals surface area contributed by atoms with Crippen molar-refractivity contribution in [1.82, 2.24) is 5.32 Å². The molecule has 3 rings (SSSR count). The standard InChI is InChI=1S/C18H23NO5S/c20-17(19-13-4-2-1-3-5-13)11-24-18(21)12-25-14-6-7-15-16(10-14)23-9-8-22-15/h6-7,10,13H,1-5,8-9,11-12H2,(H,19,20). The molecule has 1 aromatic carbocycles. The Bertz CT molecular complexity index is 615. The van der Waals surface area contributed by atoms with Crippen LogP contribution in [-0.2, 0) is 14.3 Å². The van der Waals surface area contributed by atoms with Gasteiger partial charge in [-0.05, 0) is 31.0 Å². The minimum atomic E-state index is -0.404. The van der Waals surface area contributed by atoms with Gasteiger partial charge in [-0.1, -0.05) is 19.3 Å². The first-order valence-corrected chi connectivity index (χ1v) is 9.67. The summed E-state index contributed by atoms with van der Waals surface area (Å²) in [5.41, 5.74) is 0. The smallest absolute Gasteiger partial charge is 0.316 e. The molecule has 6 nitrogen and oxygen atoms in total. The summed E-state index contributed by atoms with van der Waals surface area (Å²) >= 11 is 1.35.